The molecule has 2 amide bonds. The summed E-state index contributed by atoms with van der Waals surface area (Å²) in [5, 5.41) is 3.00. The Bertz CT molecular complexity index is 1310. The molecule has 5 rings (SSSR count). The average Bonchev–Trinajstić information content (AvgIpc) is 3.64. The highest BCUT2D eigenvalue weighted by Crippen LogP contribution is 2.42. The van der Waals surface area contributed by atoms with E-state index in [1.807, 2.05) is 17.5 Å². The predicted molar refractivity (Wildman–Crippen MR) is 161 cm³/mol. The van der Waals surface area contributed by atoms with Crippen molar-refractivity contribution in [1.82, 2.24) is 14.8 Å². The van der Waals surface area contributed by atoms with Gasteiger partial charge in [0.05, 0.1) is 17.7 Å². The molecule has 0 saturated carbocycles. The lowest BCUT2D eigenvalue weighted by Gasteiger charge is -2.32. The number of primary amides is 1. The summed E-state index contributed by atoms with van der Waals surface area (Å²) in [7, 11) is 2.13. The van der Waals surface area contributed by atoms with E-state index in [1.54, 1.807) is 22.3 Å². The van der Waals surface area contributed by atoms with Gasteiger partial charge in [0.2, 0.25) is 11.8 Å². The third-order valence-corrected chi connectivity index (χ3v) is 9.63. The van der Waals surface area contributed by atoms with Gasteiger partial charge < -0.3 is 25.2 Å². The summed E-state index contributed by atoms with van der Waals surface area (Å²) in [6, 6.07) is 4.91. The Labute approximate surface area is 247 Å². The van der Waals surface area contributed by atoms with Gasteiger partial charge in [-0.15, -0.1) is 11.3 Å². The first-order chi connectivity index (χ1) is 19.3. The van der Waals surface area contributed by atoms with E-state index in [1.165, 1.54) is 0 Å². The van der Waals surface area contributed by atoms with Crippen molar-refractivity contribution in [3.05, 3.63) is 34.7 Å². The number of likely N-dealkylation sites (N-methyl/N-ethyl adjacent to an activating group) is 1. The van der Waals surface area contributed by atoms with Gasteiger partial charge in [0.25, 0.3) is 0 Å². The van der Waals surface area contributed by atoms with Crippen molar-refractivity contribution in [2.45, 2.75) is 59.1 Å². The fourth-order valence-electron chi connectivity index (χ4n) is 6.43. The molecule has 10 heteroatoms. The lowest BCUT2D eigenvalue weighted by Crippen LogP contribution is -2.45. The molecule has 1 aromatic carbocycles. The predicted octanol–water partition coefficient (Wildman–Crippen LogP) is 3.63. The molecule has 3 saturated heterocycles. The van der Waals surface area contributed by atoms with Crippen LogP contribution in [0.4, 0.5) is 5.13 Å². The second-order valence-corrected chi connectivity index (χ2v) is 14.2. The number of hydrogen-bond donors (Lipinski definition) is 1. The number of aromatic nitrogens is 1. The quantitative estimate of drug-likeness (QED) is 0.532. The Kier molecular flexibility index (Phi) is 8.29. The summed E-state index contributed by atoms with van der Waals surface area (Å²) in [6.07, 6.45) is 0.209. The van der Waals surface area contributed by atoms with Crippen LogP contribution in [0.1, 0.15) is 62.9 Å². The van der Waals surface area contributed by atoms with Crippen LogP contribution in [0.5, 0.6) is 0 Å². The van der Waals surface area contributed by atoms with E-state index in [9.17, 15) is 14.4 Å². The number of likely N-dealkylation sites (tertiary alicyclic amines) is 1. The van der Waals surface area contributed by atoms with Crippen LogP contribution in [0.25, 0.3) is 11.3 Å². The standard InChI is InChI=1S/C31H43N5O4S/c1-18(2)23-15-36(26-25(37)16-40-27(23)26)29(39)22(14-31(3,4)5)21-13-19(7-8-20(21)28(32)38)24-17-41-30(33-24)35-11-9-34(6)10-12-35/h7-8,13,17-18,22-23,26-27H,9-12,14-16H2,1-6H3,(H2,32,38)/t22-,23+,26+,27+/m0/s1. The maximum Gasteiger partial charge on any atom is 0.249 e. The lowest BCUT2D eigenvalue weighted by molar-refractivity contribution is -0.138. The second kappa shape index (κ2) is 11.5. The van der Waals surface area contributed by atoms with Gasteiger partial charge >= 0.3 is 0 Å². The van der Waals surface area contributed by atoms with Gasteiger partial charge in [-0.25, -0.2) is 4.98 Å². The van der Waals surface area contributed by atoms with E-state index in [-0.39, 0.29) is 41.7 Å². The fraction of sp³-hybridized carbons (Fsp3) is 0.613. The molecular formula is C31H43N5O4S. The summed E-state index contributed by atoms with van der Waals surface area (Å²) in [6.45, 7) is 14.8. The van der Waals surface area contributed by atoms with Gasteiger partial charge in [-0.05, 0) is 42.5 Å². The maximum atomic E-state index is 14.5. The Balaban J connectivity index is 1.52. The summed E-state index contributed by atoms with van der Waals surface area (Å²) in [5.74, 6) is -1.08. The van der Waals surface area contributed by atoms with Gasteiger partial charge in [-0.3, -0.25) is 14.4 Å². The van der Waals surface area contributed by atoms with Gasteiger partial charge in [-0.2, -0.15) is 0 Å². The van der Waals surface area contributed by atoms with Gasteiger partial charge in [0.15, 0.2) is 10.9 Å². The van der Waals surface area contributed by atoms with Crippen molar-refractivity contribution >= 4 is 34.1 Å². The number of thiazole rings is 1. The number of Topliss-reactive ketones (excluding diaryl/α,β-unsaturated/α-hetero) is 1. The van der Waals surface area contributed by atoms with Gasteiger partial charge in [-0.1, -0.05) is 40.7 Å². The second-order valence-electron chi connectivity index (χ2n) is 13.4. The number of carbonyl (C=O) groups excluding carboxylic acids is 3. The fourth-order valence-corrected chi connectivity index (χ4v) is 7.31. The van der Waals surface area contributed by atoms with Crippen molar-refractivity contribution in [1.29, 1.82) is 0 Å². The van der Waals surface area contributed by atoms with Gasteiger partial charge in [0, 0.05) is 55.1 Å². The minimum Gasteiger partial charge on any atom is -0.367 e. The molecular weight excluding hydrogens is 538 g/mol. The highest BCUT2D eigenvalue weighted by atomic mass is 32.1. The number of nitrogens with zero attached hydrogens (tertiary/aromatic N) is 4. The van der Waals surface area contributed by atoms with Crippen LogP contribution in [0.2, 0.25) is 0 Å². The summed E-state index contributed by atoms with van der Waals surface area (Å²) >= 11 is 1.61. The monoisotopic (exact) mass is 581 g/mol. The molecule has 0 spiro atoms. The summed E-state index contributed by atoms with van der Waals surface area (Å²) < 4.78 is 5.90. The molecule has 9 nitrogen and oxygen atoms in total. The van der Waals surface area contributed by atoms with Gasteiger partial charge in [0.1, 0.15) is 12.6 Å². The Morgan fingerprint density at radius 2 is 1.88 bits per heavy atom. The number of rotatable bonds is 7. The number of fused-ring (bicyclic) bond motifs is 1. The maximum absolute atomic E-state index is 14.5. The Morgan fingerprint density at radius 1 is 1.17 bits per heavy atom. The number of amides is 2. The molecule has 2 N–H and O–H groups in total. The first kappa shape index (κ1) is 29.7. The van der Waals surface area contributed by atoms with E-state index < -0.39 is 17.9 Å². The Morgan fingerprint density at radius 3 is 2.51 bits per heavy atom. The van der Waals surface area contributed by atoms with E-state index >= 15 is 0 Å². The minimum absolute atomic E-state index is 0.0355. The number of piperazine rings is 1. The molecule has 1 aromatic heterocycles. The van der Waals surface area contributed by atoms with Crippen molar-refractivity contribution in [3.8, 4) is 11.3 Å². The Hall–Kier alpha value is -2.82. The molecule has 4 atom stereocenters. The number of benzene rings is 1. The van der Waals surface area contributed by atoms with Crippen LogP contribution in [0.3, 0.4) is 0 Å². The molecule has 222 valence electrons. The van der Waals surface area contributed by atoms with Crippen molar-refractivity contribution in [3.63, 3.8) is 0 Å². The van der Waals surface area contributed by atoms with Crippen LogP contribution in [0.15, 0.2) is 23.6 Å². The molecule has 3 fully saturated rings. The molecule has 3 aliphatic heterocycles. The van der Waals surface area contributed by atoms with Crippen molar-refractivity contribution in [2.75, 3.05) is 51.3 Å². The highest BCUT2D eigenvalue weighted by molar-refractivity contribution is 7.14. The summed E-state index contributed by atoms with van der Waals surface area (Å²) in [4.78, 5) is 51.4. The first-order valence-electron chi connectivity index (χ1n) is 14.6. The minimum atomic E-state index is -0.645. The third kappa shape index (κ3) is 6.05. The summed E-state index contributed by atoms with van der Waals surface area (Å²) in [5.41, 5.74) is 8.23. The SMILES string of the molecule is CC(C)[C@H]1CN(C(=O)[C@@H](CC(C)(C)C)c2cc(-c3csc(N4CCN(C)CC4)n3)ccc2C(N)=O)[C@@H]2C(=O)CO[C@H]12. The molecule has 3 aliphatic rings. The number of nitrogens with two attached hydrogens (primary N) is 1. The van der Waals surface area contributed by atoms with Crippen molar-refractivity contribution in [2.24, 2.45) is 23.0 Å². The normalized spacial score (nSPS) is 24.3. The zero-order chi connectivity index (χ0) is 29.6. The zero-order valence-corrected chi connectivity index (χ0v) is 25.9. The van der Waals surface area contributed by atoms with E-state index in [2.05, 4.69) is 51.5 Å². The average molecular weight is 582 g/mol. The van der Waals surface area contributed by atoms with Crippen molar-refractivity contribution < 1.29 is 19.1 Å². The first-order valence-corrected chi connectivity index (χ1v) is 15.5. The largest absolute Gasteiger partial charge is 0.367 e. The molecule has 0 unspecified atom stereocenters. The smallest absolute Gasteiger partial charge is 0.249 e. The number of ether oxygens (including phenoxy) is 1. The molecule has 0 aliphatic carbocycles. The number of carbonyl (C=O) groups is 3. The number of hydrogen-bond acceptors (Lipinski definition) is 8. The van der Waals surface area contributed by atoms with E-state index in [4.69, 9.17) is 15.5 Å². The third-order valence-electron chi connectivity index (χ3n) is 8.73. The van der Waals surface area contributed by atoms with Crippen LogP contribution < -0.4 is 10.6 Å². The molecule has 2 aromatic rings. The number of anilines is 1. The molecule has 0 radical (unpaired) electrons. The van der Waals surface area contributed by atoms with Crippen LogP contribution >= 0.6 is 11.3 Å². The lowest BCUT2D eigenvalue weighted by atomic mass is 9.78. The number of ketones is 1. The topological polar surface area (TPSA) is 109 Å². The van der Waals surface area contributed by atoms with Crippen LogP contribution in [-0.4, -0.2) is 90.9 Å². The van der Waals surface area contributed by atoms with Crippen LogP contribution in [0, 0.1) is 17.3 Å². The zero-order valence-electron chi connectivity index (χ0n) is 25.1. The molecule has 41 heavy (non-hydrogen) atoms. The van der Waals surface area contributed by atoms with Crippen LogP contribution in [-0.2, 0) is 14.3 Å². The van der Waals surface area contributed by atoms with E-state index in [0.29, 0.717) is 24.1 Å². The molecule has 0 bridgehead atoms. The van der Waals surface area contributed by atoms with E-state index in [0.717, 1.165) is 42.6 Å². The molecule has 4 heterocycles. The highest BCUT2D eigenvalue weighted by Gasteiger charge is 2.54.